The Morgan fingerprint density at radius 1 is 1.10 bits per heavy atom. The quantitative estimate of drug-likeness (QED) is 0.460. The van der Waals surface area contributed by atoms with Crippen LogP contribution < -0.4 is 0 Å². The molecule has 0 heterocycles. The minimum absolute atomic E-state index is 0.0414. The van der Waals surface area contributed by atoms with Crippen molar-refractivity contribution in [3.63, 3.8) is 0 Å². The number of sulfone groups is 1. The molecule has 2 aliphatic rings. The number of hydrogen-bond donors (Lipinski definition) is 2. The molecule has 2 aliphatic carbocycles. The number of fused-ring (bicyclic) bond motifs is 5. The van der Waals surface area contributed by atoms with Crippen molar-refractivity contribution in [2.75, 3.05) is 0 Å². The van der Waals surface area contributed by atoms with Crippen LogP contribution in [0.3, 0.4) is 0 Å². The van der Waals surface area contributed by atoms with Gasteiger partial charge in [0.05, 0.1) is 0 Å². The monoisotopic (exact) mass is 488 g/mol. The minimum Gasteiger partial charge on any atom is -0.508 e. The third kappa shape index (κ3) is 1.98. The van der Waals surface area contributed by atoms with Gasteiger partial charge in [0.2, 0.25) is 11.3 Å². The molecule has 1 saturated carbocycles. The topological polar surface area (TPSA) is 74.6 Å². The van der Waals surface area contributed by atoms with Crippen LogP contribution in [0, 0.1) is 0 Å². The van der Waals surface area contributed by atoms with Crippen molar-refractivity contribution >= 4 is 57.6 Å². The summed E-state index contributed by atoms with van der Waals surface area (Å²) in [6, 6.07) is 1.14. The Balaban J connectivity index is 2.27. The summed E-state index contributed by atoms with van der Waals surface area (Å²) in [5, 5.41) is 20.6. The minimum atomic E-state index is -3.93. The molecule has 2 bridgehead atoms. The van der Waals surface area contributed by atoms with Crippen molar-refractivity contribution in [3.05, 3.63) is 17.2 Å². The SMILES string of the molecule is O=S(=O)(c1cc(O)c2c(c1O)C1CCC2C1)C(Br)(Br)Br. The lowest BCUT2D eigenvalue weighted by Gasteiger charge is -2.22. The zero-order valence-electron chi connectivity index (χ0n) is 10.1. The van der Waals surface area contributed by atoms with Crippen LogP contribution in [0.25, 0.3) is 0 Å². The summed E-state index contributed by atoms with van der Waals surface area (Å²) in [4.78, 5) is -0.271. The zero-order valence-corrected chi connectivity index (χ0v) is 15.7. The maximum Gasteiger partial charge on any atom is 0.239 e. The van der Waals surface area contributed by atoms with E-state index in [0.29, 0.717) is 5.56 Å². The first kappa shape index (κ1) is 15.1. The van der Waals surface area contributed by atoms with Crippen LogP contribution in [0.15, 0.2) is 11.0 Å². The Bertz CT molecular complexity index is 694. The predicted molar refractivity (Wildman–Crippen MR) is 85.8 cm³/mol. The molecule has 2 unspecified atom stereocenters. The first-order chi connectivity index (χ1) is 9.14. The molecule has 2 N–H and O–H groups in total. The summed E-state index contributed by atoms with van der Waals surface area (Å²) in [6.07, 6.45) is 2.79. The van der Waals surface area contributed by atoms with Crippen LogP contribution in [0.1, 0.15) is 42.2 Å². The number of halogens is 3. The van der Waals surface area contributed by atoms with Gasteiger partial charge in [0, 0.05) is 17.2 Å². The molecule has 0 saturated heterocycles. The molecule has 0 aromatic heterocycles. The molecule has 110 valence electrons. The smallest absolute Gasteiger partial charge is 0.239 e. The molecule has 1 aromatic rings. The maximum absolute atomic E-state index is 12.4. The predicted octanol–water partition coefficient (Wildman–Crippen LogP) is 4.03. The summed E-state index contributed by atoms with van der Waals surface area (Å²) in [6.45, 7) is 0. The maximum atomic E-state index is 12.4. The van der Waals surface area contributed by atoms with Gasteiger partial charge in [-0.3, -0.25) is 0 Å². The fraction of sp³-hybridized carbons (Fsp3) is 0.500. The van der Waals surface area contributed by atoms with Crippen molar-refractivity contribution in [1.29, 1.82) is 0 Å². The normalized spacial score (nSPS) is 24.9. The molecule has 1 fully saturated rings. The van der Waals surface area contributed by atoms with Crippen molar-refractivity contribution in [1.82, 2.24) is 0 Å². The zero-order chi connectivity index (χ0) is 14.9. The van der Waals surface area contributed by atoms with Crippen LogP contribution in [-0.4, -0.2) is 20.1 Å². The first-order valence-corrected chi connectivity index (χ1v) is 9.91. The molecule has 1 aromatic carbocycles. The van der Waals surface area contributed by atoms with Gasteiger partial charge in [-0.05, 0) is 78.9 Å². The van der Waals surface area contributed by atoms with Gasteiger partial charge in [0.15, 0.2) is 0 Å². The van der Waals surface area contributed by atoms with Crippen LogP contribution >= 0.6 is 47.8 Å². The van der Waals surface area contributed by atoms with Crippen molar-refractivity contribution < 1.29 is 18.6 Å². The van der Waals surface area contributed by atoms with Crippen molar-refractivity contribution in [3.8, 4) is 11.5 Å². The Kier molecular flexibility index (Phi) is 3.48. The Labute approximate surface area is 141 Å². The molecular weight excluding hydrogens is 480 g/mol. The van der Waals surface area contributed by atoms with E-state index in [0.717, 1.165) is 30.9 Å². The van der Waals surface area contributed by atoms with Crippen LogP contribution in [0.4, 0.5) is 0 Å². The highest BCUT2D eigenvalue weighted by Gasteiger charge is 2.46. The Morgan fingerprint density at radius 2 is 1.65 bits per heavy atom. The summed E-state index contributed by atoms with van der Waals surface area (Å²) >= 11 is 8.91. The first-order valence-electron chi connectivity index (χ1n) is 6.04. The molecule has 3 rings (SSSR count). The molecule has 0 aliphatic heterocycles. The lowest BCUT2D eigenvalue weighted by atomic mass is 9.90. The molecule has 2 atom stereocenters. The van der Waals surface area contributed by atoms with Crippen LogP contribution in [0.5, 0.6) is 11.5 Å². The summed E-state index contributed by atoms with van der Waals surface area (Å²) < 4.78 is 23.3. The van der Waals surface area contributed by atoms with E-state index in [1.54, 1.807) is 0 Å². The van der Waals surface area contributed by atoms with Gasteiger partial charge in [0.1, 0.15) is 16.4 Å². The van der Waals surface area contributed by atoms with E-state index in [2.05, 4.69) is 47.8 Å². The third-order valence-electron chi connectivity index (χ3n) is 4.17. The standard InChI is InChI=1S/C12H11Br3O4S/c13-12(14,15)20(18,19)8-4-7(16)9-5-1-2-6(3-5)10(9)11(8)17/h4-6,16-17H,1-3H2. The second kappa shape index (κ2) is 4.60. The summed E-state index contributed by atoms with van der Waals surface area (Å²) in [5.74, 6) is 0.110. The molecule has 0 radical (unpaired) electrons. The number of hydrogen-bond acceptors (Lipinski definition) is 4. The van der Waals surface area contributed by atoms with Gasteiger partial charge in [-0.25, -0.2) is 8.42 Å². The van der Waals surface area contributed by atoms with E-state index in [-0.39, 0.29) is 28.2 Å². The largest absolute Gasteiger partial charge is 0.508 e. The van der Waals surface area contributed by atoms with Gasteiger partial charge in [0.25, 0.3) is 0 Å². The lowest BCUT2D eigenvalue weighted by Crippen LogP contribution is -2.18. The summed E-state index contributed by atoms with van der Waals surface area (Å²) in [7, 11) is -3.93. The number of phenols is 2. The van der Waals surface area contributed by atoms with Crippen molar-refractivity contribution in [2.24, 2.45) is 0 Å². The van der Waals surface area contributed by atoms with E-state index < -0.39 is 11.3 Å². The number of phenolic OH excluding ortho intramolecular Hbond substituents is 2. The van der Waals surface area contributed by atoms with E-state index in [1.165, 1.54) is 0 Å². The highest BCUT2D eigenvalue weighted by molar-refractivity contribution is 9.42. The highest BCUT2D eigenvalue weighted by atomic mass is 80.0. The number of alkyl halides is 3. The van der Waals surface area contributed by atoms with E-state index in [4.69, 9.17) is 0 Å². The Hall–Kier alpha value is 0.210. The van der Waals surface area contributed by atoms with E-state index >= 15 is 0 Å². The van der Waals surface area contributed by atoms with E-state index in [1.807, 2.05) is 0 Å². The fourth-order valence-corrected chi connectivity index (χ4v) is 5.80. The van der Waals surface area contributed by atoms with Crippen molar-refractivity contribution in [2.45, 2.75) is 37.5 Å². The second-order valence-corrected chi connectivity index (χ2v) is 15.6. The van der Waals surface area contributed by atoms with Gasteiger partial charge < -0.3 is 10.2 Å². The molecule has 8 heteroatoms. The van der Waals surface area contributed by atoms with Crippen LogP contribution in [-0.2, 0) is 9.84 Å². The van der Waals surface area contributed by atoms with Crippen LogP contribution in [0.2, 0.25) is 0 Å². The van der Waals surface area contributed by atoms with Gasteiger partial charge >= 0.3 is 0 Å². The van der Waals surface area contributed by atoms with Gasteiger partial charge in [-0.2, -0.15) is 0 Å². The molecule has 0 amide bonds. The average molecular weight is 491 g/mol. The number of aromatic hydroxyl groups is 2. The second-order valence-electron chi connectivity index (χ2n) is 5.23. The van der Waals surface area contributed by atoms with Gasteiger partial charge in [-0.1, -0.05) is 0 Å². The fourth-order valence-electron chi connectivity index (χ4n) is 3.35. The van der Waals surface area contributed by atoms with Gasteiger partial charge in [-0.15, -0.1) is 0 Å². The molecule has 4 nitrogen and oxygen atoms in total. The Morgan fingerprint density at radius 3 is 2.20 bits per heavy atom. The van der Waals surface area contributed by atoms with E-state index in [9.17, 15) is 18.6 Å². The number of benzene rings is 1. The highest BCUT2D eigenvalue weighted by Crippen LogP contribution is 2.60. The molecular formula is C12H11Br3O4S. The summed E-state index contributed by atoms with van der Waals surface area (Å²) in [5.41, 5.74) is 1.33. The number of rotatable bonds is 1. The molecule has 0 spiro atoms. The third-order valence-corrected chi connectivity index (χ3v) is 9.50. The molecule has 20 heavy (non-hydrogen) atoms. The average Bonchev–Trinajstić information content (AvgIpc) is 2.92. The lowest BCUT2D eigenvalue weighted by molar-refractivity contribution is 0.428.